The lowest BCUT2D eigenvalue weighted by atomic mass is 10.2. The molecule has 1 amide bonds. The van der Waals surface area contributed by atoms with Crippen LogP contribution in [0, 0.1) is 5.92 Å². The van der Waals surface area contributed by atoms with Crippen LogP contribution in [0.5, 0.6) is 0 Å². The molecule has 18 heavy (non-hydrogen) atoms. The van der Waals surface area contributed by atoms with Crippen LogP contribution in [-0.4, -0.2) is 24.0 Å². The van der Waals surface area contributed by atoms with Gasteiger partial charge in [0, 0.05) is 13.1 Å². The maximum Gasteiger partial charge on any atom is 0.265 e. The van der Waals surface area contributed by atoms with Crippen LogP contribution in [0.4, 0.5) is 10.9 Å². The average molecular weight is 268 g/mol. The van der Waals surface area contributed by atoms with E-state index in [1.165, 1.54) is 11.3 Å². The lowest BCUT2D eigenvalue weighted by Crippen LogP contribution is -2.24. The number of aromatic nitrogens is 1. The third kappa shape index (κ3) is 4.37. The number of carbonyl (C=O) groups excluding carboxylic acids is 1. The van der Waals surface area contributed by atoms with Crippen LogP contribution >= 0.6 is 11.3 Å². The summed E-state index contributed by atoms with van der Waals surface area (Å²) in [4.78, 5) is 16.4. The molecule has 0 unspecified atom stereocenters. The Balaban J connectivity index is 2.65. The van der Waals surface area contributed by atoms with E-state index in [9.17, 15) is 4.79 Å². The zero-order valence-corrected chi connectivity index (χ0v) is 11.9. The summed E-state index contributed by atoms with van der Waals surface area (Å²) in [6.07, 6.45) is 0. The fourth-order valence-electron chi connectivity index (χ4n) is 1.17. The molecule has 0 radical (unpaired) electrons. The molecule has 1 aromatic rings. The van der Waals surface area contributed by atoms with Crippen LogP contribution in [0.1, 0.15) is 30.4 Å². The summed E-state index contributed by atoms with van der Waals surface area (Å²) in [5.41, 5.74) is 6.62. The minimum atomic E-state index is -0.203. The third-order valence-electron chi connectivity index (χ3n) is 2.07. The second kappa shape index (κ2) is 6.39. The van der Waals surface area contributed by atoms with Crippen molar-refractivity contribution in [2.24, 2.45) is 5.92 Å². The first-order valence-corrected chi connectivity index (χ1v) is 6.64. The molecule has 4 N–H and O–H groups in total. The Labute approximate surface area is 111 Å². The molecule has 0 aliphatic rings. The molecule has 1 aromatic heterocycles. The lowest BCUT2D eigenvalue weighted by Gasteiger charge is -2.04. The predicted molar refractivity (Wildman–Crippen MR) is 77.0 cm³/mol. The van der Waals surface area contributed by atoms with E-state index in [0.29, 0.717) is 22.5 Å². The minimum absolute atomic E-state index is 0.203. The van der Waals surface area contributed by atoms with E-state index in [0.717, 1.165) is 12.1 Å². The van der Waals surface area contributed by atoms with Crippen molar-refractivity contribution in [1.29, 1.82) is 0 Å². The Morgan fingerprint density at radius 3 is 2.78 bits per heavy atom. The zero-order valence-electron chi connectivity index (χ0n) is 11.0. The van der Waals surface area contributed by atoms with E-state index in [1.807, 2.05) is 6.92 Å². The molecule has 0 spiro atoms. The number of nitrogens with two attached hydrogens (primary N) is 1. The fourth-order valence-corrected chi connectivity index (χ4v) is 1.98. The Bertz CT molecular complexity index is 439. The van der Waals surface area contributed by atoms with Gasteiger partial charge < -0.3 is 16.4 Å². The Morgan fingerprint density at radius 1 is 1.56 bits per heavy atom. The summed E-state index contributed by atoms with van der Waals surface area (Å²) < 4.78 is 0. The third-order valence-corrected chi connectivity index (χ3v) is 3.10. The van der Waals surface area contributed by atoms with Gasteiger partial charge in [-0.2, -0.15) is 0 Å². The molecule has 0 saturated carbocycles. The number of nitrogen functional groups attached to an aromatic ring is 1. The van der Waals surface area contributed by atoms with Crippen LogP contribution in [0.3, 0.4) is 0 Å². The van der Waals surface area contributed by atoms with Gasteiger partial charge in [-0.05, 0) is 12.8 Å². The lowest BCUT2D eigenvalue weighted by molar-refractivity contribution is 0.0961. The first kappa shape index (κ1) is 14.5. The van der Waals surface area contributed by atoms with Gasteiger partial charge in [0.2, 0.25) is 0 Å². The SMILES string of the molecule is C=C(C)CNC(=O)c1sc(NCC(C)C)nc1N. The van der Waals surface area contributed by atoms with Crippen LogP contribution in [0.25, 0.3) is 0 Å². The van der Waals surface area contributed by atoms with Crippen molar-refractivity contribution in [3.8, 4) is 0 Å². The number of rotatable bonds is 6. The maximum atomic E-state index is 11.8. The molecule has 6 heteroatoms. The molecule has 0 aliphatic carbocycles. The quantitative estimate of drug-likeness (QED) is 0.690. The molecule has 5 nitrogen and oxygen atoms in total. The highest BCUT2D eigenvalue weighted by Crippen LogP contribution is 2.24. The number of hydrogen-bond acceptors (Lipinski definition) is 5. The summed E-state index contributed by atoms with van der Waals surface area (Å²) in [5.74, 6) is 0.576. The molecular formula is C12H20N4OS. The van der Waals surface area contributed by atoms with Crippen molar-refractivity contribution in [2.45, 2.75) is 20.8 Å². The smallest absolute Gasteiger partial charge is 0.265 e. The topological polar surface area (TPSA) is 80.0 Å². The molecule has 0 aliphatic heterocycles. The normalized spacial score (nSPS) is 10.4. The first-order valence-electron chi connectivity index (χ1n) is 5.83. The van der Waals surface area contributed by atoms with E-state index < -0.39 is 0 Å². The number of thiazole rings is 1. The number of carbonyl (C=O) groups is 1. The van der Waals surface area contributed by atoms with Gasteiger partial charge in [0.1, 0.15) is 10.7 Å². The molecule has 1 heterocycles. The summed E-state index contributed by atoms with van der Waals surface area (Å²) in [7, 11) is 0. The van der Waals surface area contributed by atoms with Crippen LogP contribution in [0.2, 0.25) is 0 Å². The van der Waals surface area contributed by atoms with Gasteiger partial charge in [-0.15, -0.1) is 0 Å². The van der Waals surface area contributed by atoms with Gasteiger partial charge in [-0.1, -0.05) is 37.3 Å². The van der Waals surface area contributed by atoms with Gasteiger partial charge in [-0.3, -0.25) is 4.79 Å². The van der Waals surface area contributed by atoms with Crippen molar-refractivity contribution in [3.63, 3.8) is 0 Å². The van der Waals surface area contributed by atoms with Crippen LogP contribution in [-0.2, 0) is 0 Å². The summed E-state index contributed by atoms with van der Waals surface area (Å²) in [6.45, 7) is 11.0. The number of amides is 1. The first-order chi connectivity index (χ1) is 8.40. The number of anilines is 2. The fraction of sp³-hybridized carbons (Fsp3) is 0.500. The molecule has 1 rings (SSSR count). The average Bonchev–Trinajstić information content (AvgIpc) is 2.64. The van der Waals surface area contributed by atoms with Crippen molar-refractivity contribution in [1.82, 2.24) is 10.3 Å². The Kier molecular flexibility index (Phi) is 5.15. The molecule has 0 bridgehead atoms. The van der Waals surface area contributed by atoms with Gasteiger partial charge in [0.15, 0.2) is 5.13 Å². The molecule has 0 fully saturated rings. The number of hydrogen-bond donors (Lipinski definition) is 3. The highest BCUT2D eigenvalue weighted by Gasteiger charge is 2.15. The van der Waals surface area contributed by atoms with E-state index in [-0.39, 0.29) is 11.7 Å². The standard InChI is InChI=1S/C12H20N4OS/c1-7(2)5-14-11(17)9-10(13)16-12(18-9)15-6-8(3)4/h8H,1,5-6,13H2,2-4H3,(H,14,17)(H,15,16). The van der Waals surface area contributed by atoms with Gasteiger partial charge in [0.25, 0.3) is 5.91 Å². The molecule has 100 valence electrons. The van der Waals surface area contributed by atoms with Crippen molar-refractivity contribution in [2.75, 3.05) is 24.1 Å². The highest BCUT2D eigenvalue weighted by molar-refractivity contribution is 7.18. The van der Waals surface area contributed by atoms with Gasteiger partial charge in [0.05, 0.1) is 0 Å². The van der Waals surface area contributed by atoms with E-state index in [4.69, 9.17) is 5.73 Å². The summed E-state index contributed by atoms with van der Waals surface area (Å²) in [6, 6.07) is 0. The highest BCUT2D eigenvalue weighted by atomic mass is 32.1. The van der Waals surface area contributed by atoms with Gasteiger partial charge >= 0.3 is 0 Å². The monoisotopic (exact) mass is 268 g/mol. The second-order valence-electron chi connectivity index (χ2n) is 4.65. The molecule has 0 atom stereocenters. The van der Waals surface area contributed by atoms with Crippen molar-refractivity contribution < 1.29 is 4.79 Å². The van der Waals surface area contributed by atoms with E-state index in [1.54, 1.807) is 0 Å². The largest absolute Gasteiger partial charge is 0.382 e. The summed E-state index contributed by atoms with van der Waals surface area (Å²) >= 11 is 1.27. The minimum Gasteiger partial charge on any atom is -0.382 e. The van der Waals surface area contributed by atoms with E-state index in [2.05, 4.69) is 36.0 Å². The van der Waals surface area contributed by atoms with Crippen LogP contribution < -0.4 is 16.4 Å². The summed E-state index contributed by atoms with van der Waals surface area (Å²) in [5, 5.41) is 6.58. The number of nitrogens with zero attached hydrogens (tertiary/aromatic N) is 1. The number of nitrogens with one attached hydrogen (secondary N) is 2. The van der Waals surface area contributed by atoms with Crippen LogP contribution in [0.15, 0.2) is 12.2 Å². The maximum absolute atomic E-state index is 11.8. The molecular weight excluding hydrogens is 248 g/mol. The molecule has 0 saturated heterocycles. The van der Waals surface area contributed by atoms with Gasteiger partial charge in [-0.25, -0.2) is 4.98 Å². The van der Waals surface area contributed by atoms with Crippen molar-refractivity contribution >= 4 is 28.2 Å². The van der Waals surface area contributed by atoms with Crippen molar-refractivity contribution in [3.05, 3.63) is 17.0 Å². The Morgan fingerprint density at radius 2 is 2.22 bits per heavy atom. The second-order valence-corrected chi connectivity index (χ2v) is 5.65. The Hall–Kier alpha value is -1.56. The molecule has 0 aromatic carbocycles. The zero-order chi connectivity index (χ0) is 13.7. The van der Waals surface area contributed by atoms with E-state index >= 15 is 0 Å². The predicted octanol–water partition coefficient (Wildman–Crippen LogP) is 2.10.